The van der Waals surface area contributed by atoms with E-state index in [-0.39, 0.29) is 17.9 Å². The maximum atomic E-state index is 13.1. The van der Waals surface area contributed by atoms with Crippen molar-refractivity contribution in [1.29, 1.82) is 0 Å². The highest BCUT2D eigenvalue weighted by Gasteiger charge is 2.34. The summed E-state index contributed by atoms with van der Waals surface area (Å²) in [5.41, 5.74) is 6.80. The lowest BCUT2D eigenvalue weighted by Crippen LogP contribution is -2.43. The predicted molar refractivity (Wildman–Crippen MR) is 68.9 cm³/mol. The Kier molecular flexibility index (Phi) is 3.87. The van der Waals surface area contributed by atoms with E-state index in [1.54, 1.807) is 12.1 Å². The van der Waals surface area contributed by atoms with Crippen molar-refractivity contribution in [3.05, 3.63) is 34.1 Å². The van der Waals surface area contributed by atoms with Gasteiger partial charge in [0, 0.05) is 12.6 Å². The highest BCUT2D eigenvalue weighted by Crippen LogP contribution is 2.23. The standard InChI is InChI=1S/C12H14BrFN2O2/c13-8-5-7(1-2-9(8)14)6-11-10(15)3-4-16(11)12(17)18/h1-2,5,10-11H,3-4,6,15H2,(H,17,18)/t10-,11-/m1/s1. The van der Waals surface area contributed by atoms with E-state index in [0.717, 1.165) is 5.56 Å². The summed E-state index contributed by atoms with van der Waals surface area (Å²) < 4.78 is 13.5. The van der Waals surface area contributed by atoms with Crippen molar-refractivity contribution >= 4 is 22.0 Å². The van der Waals surface area contributed by atoms with Crippen LogP contribution < -0.4 is 5.73 Å². The Balaban J connectivity index is 2.16. The SMILES string of the molecule is N[C@@H]1CCN(C(=O)O)[C@@H]1Cc1ccc(F)c(Br)c1. The Hall–Kier alpha value is -1.14. The van der Waals surface area contributed by atoms with E-state index in [1.165, 1.54) is 11.0 Å². The first-order chi connectivity index (χ1) is 8.49. The zero-order chi connectivity index (χ0) is 13.3. The molecule has 0 unspecified atom stereocenters. The van der Waals surface area contributed by atoms with Gasteiger partial charge in [0.05, 0.1) is 10.5 Å². The summed E-state index contributed by atoms with van der Waals surface area (Å²) in [4.78, 5) is 12.4. The summed E-state index contributed by atoms with van der Waals surface area (Å²) in [6, 6.07) is 4.29. The Labute approximate surface area is 113 Å². The molecule has 0 aliphatic carbocycles. The summed E-state index contributed by atoms with van der Waals surface area (Å²) >= 11 is 3.12. The second-order valence-corrected chi connectivity index (χ2v) is 5.30. The number of hydrogen-bond donors (Lipinski definition) is 2. The first kappa shape index (κ1) is 13.3. The van der Waals surface area contributed by atoms with Crippen LogP contribution in [0.1, 0.15) is 12.0 Å². The molecule has 1 aliphatic heterocycles. The number of likely N-dealkylation sites (tertiary alicyclic amines) is 1. The third-order valence-electron chi connectivity index (χ3n) is 3.27. The topological polar surface area (TPSA) is 66.6 Å². The van der Waals surface area contributed by atoms with Gasteiger partial charge in [-0.1, -0.05) is 6.07 Å². The third-order valence-corrected chi connectivity index (χ3v) is 3.88. The number of carbonyl (C=O) groups is 1. The molecule has 1 aromatic rings. The Morgan fingerprint density at radius 3 is 2.94 bits per heavy atom. The molecule has 18 heavy (non-hydrogen) atoms. The molecular formula is C12H14BrFN2O2. The Morgan fingerprint density at radius 1 is 1.61 bits per heavy atom. The highest BCUT2D eigenvalue weighted by atomic mass is 79.9. The second-order valence-electron chi connectivity index (χ2n) is 4.45. The number of rotatable bonds is 2. The molecule has 0 radical (unpaired) electrons. The Morgan fingerprint density at radius 2 is 2.33 bits per heavy atom. The van der Waals surface area contributed by atoms with Crippen LogP contribution >= 0.6 is 15.9 Å². The van der Waals surface area contributed by atoms with Crippen LogP contribution in [0.5, 0.6) is 0 Å². The fourth-order valence-electron chi connectivity index (χ4n) is 2.28. The van der Waals surface area contributed by atoms with Gasteiger partial charge in [-0.05, 0) is 46.5 Å². The average Bonchev–Trinajstić information content (AvgIpc) is 2.66. The molecule has 0 bridgehead atoms. The smallest absolute Gasteiger partial charge is 0.407 e. The van der Waals surface area contributed by atoms with Crippen LogP contribution in [0.2, 0.25) is 0 Å². The molecule has 4 nitrogen and oxygen atoms in total. The molecule has 1 aromatic carbocycles. The lowest BCUT2D eigenvalue weighted by Gasteiger charge is -2.24. The van der Waals surface area contributed by atoms with Crippen molar-refractivity contribution in [2.24, 2.45) is 5.73 Å². The van der Waals surface area contributed by atoms with Gasteiger partial charge in [-0.3, -0.25) is 0 Å². The lowest BCUT2D eigenvalue weighted by atomic mass is 10.0. The van der Waals surface area contributed by atoms with Gasteiger partial charge in [0.25, 0.3) is 0 Å². The van der Waals surface area contributed by atoms with Gasteiger partial charge in [0.15, 0.2) is 0 Å². The minimum Gasteiger partial charge on any atom is -0.465 e. The van der Waals surface area contributed by atoms with Crippen LogP contribution in [0.4, 0.5) is 9.18 Å². The van der Waals surface area contributed by atoms with Crippen LogP contribution in [0.25, 0.3) is 0 Å². The fourth-order valence-corrected chi connectivity index (χ4v) is 2.71. The number of benzene rings is 1. The van der Waals surface area contributed by atoms with Crippen LogP contribution in [0, 0.1) is 5.82 Å². The highest BCUT2D eigenvalue weighted by molar-refractivity contribution is 9.10. The molecule has 1 aliphatic rings. The summed E-state index contributed by atoms with van der Waals surface area (Å²) in [6.45, 7) is 0.462. The maximum absolute atomic E-state index is 13.1. The van der Waals surface area contributed by atoms with E-state index in [2.05, 4.69) is 15.9 Å². The normalized spacial score (nSPS) is 23.4. The summed E-state index contributed by atoms with van der Waals surface area (Å²) in [7, 11) is 0. The van der Waals surface area contributed by atoms with Crippen LogP contribution in [-0.2, 0) is 6.42 Å². The van der Waals surface area contributed by atoms with Gasteiger partial charge in [-0.25, -0.2) is 9.18 Å². The van der Waals surface area contributed by atoms with E-state index in [4.69, 9.17) is 10.8 Å². The van der Waals surface area contributed by atoms with E-state index in [1.807, 2.05) is 0 Å². The lowest BCUT2D eigenvalue weighted by molar-refractivity contribution is 0.138. The molecule has 1 amide bonds. The fraction of sp³-hybridized carbons (Fsp3) is 0.417. The second kappa shape index (κ2) is 5.24. The molecular weight excluding hydrogens is 303 g/mol. The molecule has 2 rings (SSSR count). The monoisotopic (exact) mass is 316 g/mol. The van der Waals surface area contributed by atoms with E-state index < -0.39 is 6.09 Å². The molecule has 0 saturated carbocycles. The number of amides is 1. The number of halogens is 2. The van der Waals surface area contributed by atoms with Gasteiger partial charge in [0.2, 0.25) is 0 Å². The minimum absolute atomic E-state index is 0.162. The summed E-state index contributed by atoms with van der Waals surface area (Å²) in [6.07, 6.45) is 0.222. The first-order valence-corrected chi connectivity index (χ1v) is 6.47. The summed E-state index contributed by atoms with van der Waals surface area (Å²) in [5, 5.41) is 9.08. The van der Waals surface area contributed by atoms with Crippen molar-refractivity contribution in [2.45, 2.75) is 24.9 Å². The first-order valence-electron chi connectivity index (χ1n) is 5.68. The molecule has 3 N–H and O–H groups in total. The average molecular weight is 317 g/mol. The summed E-state index contributed by atoms with van der Waals surface area (Å²) in [5.74, 6) is -0.329. The van der Waals surface area contributed by atoms with Gasteiger partial charge in [0.1, 0.15) is 5.82 Å². The number of hydrogen-bond acceptors (Lipinski definition) is 2. The van der Waals surface area contributed by atoms with E-state index in [9.17, 15) is 9.18 Å². The van der Waals surface area contributed by atoms with Crippen molar-refractivity contribution < 1.29 is 14.3 Å². The predicted octanol–water partition coefficient (Wildman–Crippen LogP) is 2.21. The molecule has 1 heterocycles. The van der Waals surface area contributed by atoms with Gasteiger partial charge < -0.3 is 15.7 Å². The maximum Gasteiger partial charge on any atom is 0.407 e. The zero-order valence-electron chi connectivity index (χ0n) is 9.64. The third kappa shape index (κ3) is 2.64. The van der Waals surface area contributed by atoms with Gasteiger partial charge in [-0.2, -0.15) is 0 Å². The molecule has 2 atom stereocenters. The molecule has 1 saturated heterocycles. The van der Waals surface area contributed by atoms with Gasteiger partial charge in [-0.15, -0.1) is 0 Å². The van der Waals surface area contributed by atoms with Crippen molar-refractivity contribution in [3.63, 3.8) is 0 Å². The molecule has 0 spiro atoms. The molecule has 98 valence electrons. The minimum atomic E-state index is -0.950. The number of nitrogens with two attached hydrogens (primary N) is 1. The van der Waals surface area contributed by atoms with Crippen molar-refractivity contribution in [2.75, 3.05) is 6.54 Å². The van der Waals surface area contributed by atoms with Crippen LogP contribution in [0.3, 0.4) is 0 Å². The molecule has 1 fully saturated rings. The zero-order valence-corrected chi connectivity index (χ0v) is 11.2. The van der Waals surface area contributed by atoms with Crippen LogP contribution in [-0.4, -0.2) is 34.7 Å². The number of nitrogens with zero attached hydrogens (tertiary/aromatic N) is 1. The van der Waals surface area contributed by atoms with Crippen molar-refractivity contribution in [3.8, 4) is 0 Å². The quantitative estimate of drug-likeness (QED) is 0.879. The largest absolute Gasteiger partial charge is 0.465 e. The number of carboxylic acid groups (broad SMARTS) is 1. The Bertz CT molecular complexity index is 469. The van der Waals surface area contributed by atoms with E-state index in [0.29, 0.717) is 23.9 Å². The molecule has 0 aromatic heterocycles. The molecule has 6 heteroatoms. The van der Waals surface area contributed by atoms with E-state index >= 15 is 0 Å². The van der Waals surface area contributed by atoms with Gasteiger partial charge >= 0.3 is 6.09 Å². The van der Waals surface area contributed by atoms with Crippen molar-refractivity contribution in [1.82, 2.24) is 4.90 Å². The van der Waals surface area contributed by atoms with Crippen LogP contribution in [0.15, 0.2) is 22.7 Å².